The predicted octanol–water partition coefficient (Wildman–Crippen LogP) is 3.25. The molecule has 3 heteroatoms. The molecule has 1 N–H and O–H groups in total. The summed E-state index contributed by atoms with van der Waals surface area (Å²) in [5, 5.41) is 9.68. The molecule has 0 amide bonds. The summed E-state index contributed by atoms with van der Waals surface area (Å²) in [6.45, 7) is 4.08. The average molecular weight is 204 g/mol. The number of fused-ring (bicyclic) bond motifs is 1. The number of rotatable bonds is 2. The lowest BCUT2D eigenvalue weighted by molar-refractivity contribution is 0.0697. The van der Waals surface area contributed by atoms with Crippen LogP contribution in [0.1, 0.15) is 35.9 Å². The van der Waals surface area contributed by atoms with Gasteiger partial charge in [-0.05, 0) is 24.3 Å². The molecule has 2 aromatic rings. The van der Waals surface area contributed by atoms with Crippen molar-refractivity contribution in [2.75, 3.05) is 0 Å². The van der Waals surface area contributed by atoms with Gasteiger partial charge in [0.15, 0.2) is 0 Å². The fourth-order valence-corrected chi connectivity index (χ4v) is 1.48. The Morgan fingerprint density at radius 1 is 1.33 bits per heavy atom. The van der Waals surface area contributed by atoms with Gasteiger partial charge in [0.2, 0.25) is 0 Å². The van der Waals surface area contributed by atoms with Gasteiger partial charge in [-0.2, -0.15) is 0 Å². The maximum atomic E-state index is 10.8. The van der Waals surface area contributed by atoms with E-state index in [2.05, 4.69) is 0 Å². The van der Waals surface area contributed by atoms with Crippen molar-refractivity contribution in [1.82, 2.24) is 0 Å². The first-order valence-corrected chi connectivity index (χ1v) is 4.84. The highest BCUT2D eigenvalue weighted by Crippen LogP contribution is 2.25. The van der Waals surface area contributed by atoms with Crippen LogP contribution < -0.4 is 0 Å². The molecule has 78 valence electrons. The lowest BCUT2D eigenvalue weighted by atomic mass is 10.1. The van der Waals surface area contributed by atoms with Gasteiger partial charge < -0.3 is 9.52 Å². The highest BCUT2D eigenvalue weighted by Gasteiger charge is 2.09. The summed E-state index contributed by atoms with van der Waals surface area (Å²) in [7, 11) is 0. The third-order valence-corrected chi connectivity index (χ3v) is 2.35. The molecule has 0 saturated carbocycles. The molecule has 1 aromatic heterocycles. The summed E-state index contributed by atoms with van der Waals surface area (Å²) in [6.07, 6.45) is 0. The van der Waals surface area contributed by atoms with Crippen LogP contribution in [0.2, 0.25) is 0 Å². The highest BCUT2D eigenvalue weighted by atomic mass is 16.4. The molecule has 0 unspecified atom stereocenters. The van der Waals surface area contributed by atoms with Gasteiger partial charge in [0, 0.05) is 11.3 Å². The van der Waals surface area contributed by atoms with Crippen LogP contribution in [0.25, 0.3) is 11.0 Å². The number of carboxylic acids is 1. The Balaban J connectivity index is 2.57. The van der Waals surface area contributed by atoms with Gasteiger partial charge in [-0.15, -0.1) is 0 Å². The minimum Gasteiger partial charge on any atom is -0.478 e. The van der Waals surface area contributed by atoms with Crippen molar-refractivity contribution in [3.05, 3.63) is 35.6 Å². The van der Waals surface area contributed by atoms with Gasteiger partial charge in [-0.3, -0.25) is 0 Å². The number of furan rings is 1. The molecule has 1 heterocycles. The van der Waals surface area contributed by atoms with Crippen molar-refractivity contribution >= 4 is 16.9 Å². The van der Waals surface area contributed by atoms with E-state index in [9.17, 15) is 4.79 Å². The summed E-state index contributed by atoms with van der Waals surface area (Å²) in [5.74, 6) is 0.280. The number of carboxylic acid groups (broad SMARTS) is 1. The van der Waals surface area contributed by atoms with E-state index in [-0.39, 0.29) is 0 Å². The zero-order valence-corrected chi connectivity index (χ0v) is 8.65. The number of hydrogen-bond donors (Lipinski definition) is 1. The molecule has 0 fully saturated rings. The van der Waals surface area contributed by atoms with E-state index in [1.54, 1.807) is 18.2 Å². The van der Waals surface area contributed by atoms with Crippen LogP contribution in [0.4, 0.5) is 0 Å². The van der Waals surface area contributed by atoms with E-state index in [0.717, 1.165) is 16.7 Å². The Morgan fingerprint density at radius 3 is 2.67 bits per heavy atom. The molecule has 0 atom stereocenters. The molecular formula is C12H12O3. The maximum absolute atomic E-state index is 10.8. The van der Waals surface area contributed by atoms with Gasteiger partial charge in [0.05, 0.1) is 5.56 Å². The van der Waals surface area contributed by atoms with Crippen LogP contribution in [0.15, 0.2) is 28.7 Å². The second-order valence-electron chi connectivity index (χ2n) is 3.86. The molecule has 0 bridgehead atoms. The number of aromatic carboxylic acids is 1. The number of carbonyl (C=O) groups is 1. The Morgan fingerprint density at radius 2 is 2.07 bits per heavy atom. The fraction of sp³-hybridized carbons (Fsp3) is 0.250. The molecular weight excluding hydrogens is 192 g/mol. The molecule has 0 radical (unpaired) electrons. The van der Waals surface area contributed by atoms with E-state index in [0.29, 0.717) is 11.5 Å². The normalized spacial score (nSPS) is 11.1. The van der Waals surface area contributed by atoms with Gasteiger partial charge >= 0.3 is 5.97 Å². The summed E-state index contributed by atoms with van der Waals surface area (Å²) in [5.41, 5.74) is 1.03. The second kappa shape index (κ2) is 3.42. The smallest absolute Gasteiger partial charge is 0.335 e. The van der Waals surface area contributed by atoms with E-state index in [1.165, 1.54) is 0 Å². The zero-order chi connectivity index (χ0) is 11.0. The van der Waals surface area contributed by atoms with Gasteiger partial charge in [-0.25, -0.2) is 4.79 Å². The molecule has 0 saturated heterocycles. The first-order chi connectivity index (χ1) is 7.08. The van der Waals surface area contributed by atoms with E-state index in [4.69, 9.17) is 9.52 Å². The maximum Gasteiger partial charge on any atom is 0.335 e. The van der Waals surface area contributed by atoms with E-state index in [1.807, 2.05) is 19.9 Å². The Bertz CT molecular complexity index is 509. The van der Waals surface area contributed by atoms with Crippen LogP contribution in [0.5, 0.6) is 0 Å². The van der Waals surface area contributed by atoms with Crippen molar-refractivity contribution in [1.29, 1.82) is 0 Å². The largest absolute Gasteiger partial charge is 0.478 e. The quantitative estimate of drug-likeness (QED) is 0.816. The third-order valence-electron chi connectivity index (χ3n) is 2.35. The summed E-state index contributed by atoms with van der Waals surface area (Å²) in [6, 6.07) is 6.78. The monoisotopic (exact) mass is 204 g/mol. The van der Waals surface area contributed by atoms with Gasteiger partial charge in [0.25, 0.3) is 0 Å². The molecule has 0 aliphatic heterocycles. The predicted molar refractivity (Wildman–Crippen MR) is 57.3 cm³/mol. The summed E-state index contributed by atoms with van der Waals surface area (Å²) < 4.78 is 5.57. The Labute approximate surface area is 87.3 Å². The molecule has 15 heavy (non-hydrogen) atoms. The van der Waals surface area contributed by atoms with Crippen molar-refractivity contribution < 1.29 is 14.3 Å². The van der Waals surface area contributed by atoms with Crippen molar-refractivity contribution in [3.63, 3.8) is 0 Å². The third kappa shape index (κ3) is 1.73. The molecule has 2 rings (SSSR count). The van der Waals surface area contributed by atoms with Crippen LogP contribution in [0.3, 0.4) is 0 Å². The lowest BCUT2D eigenvalue weighted by Crippen LogP contribution is -1.94. The van der Waals surface area contributed by atoms with Crippen LogP contribution in [-0.2, 0) is 0 Å². The van der Waals surface area contributed by atoms with Crippen molar-refractivity contribution in [2.24, 2.45) is 0 Å². The minimum absolute atomic E-state index is 0.290. The van der Waals surface area contributed by atoms with E-state index < -0.39 is 5.97 Å². The Hall–Kier alpha value is -1.77. The topological polar surface area (TPSA) is 50.4 Å². The summed E-state index contributed by atoms with van der Waals surface area (Å²) in [4.78, 5) is 10.8. The van der Waals surface area contributed by atoms with Gasteiger partial charge in [-0.1, -0.05) is 13.8 Å². The van der Waals surface area contributed by atoms with Crippen LogP contribution in [0, 0.1) is 0 Å². The molecule has 1 aromatic carbocycles. The first-order valence-electron chi connectivity index (χ1n) is 4.84. The first kappa shape index (κ1) is 9.77. The molecule has 0 aliphatic carbocycles. The molecule has 3 nitrogen and oxygen atoms in total. The molecule has 0 aliphatic rings. The van der Waals surface area contributed by atoms with Crippen molar-refractivity contribution in [2.45, 2.75) is 19.8 Å². The highest BCUT2D eigenvalue weighted by molar-refractivity contribution is 5.93. The van der Waals surface area contributed by atoms with Crippen LogP contribution >= 0.6 is 0 Å². The number of hydrogen-bond acceptors (Lipinski definition) is 2. The number of benzene rings is 1. The summed E-state index contributed by atoms with van der Waals surface area (Å²) >= 11 is 0. The molecule has 0 spiro atoms. The van der Waals surface area contributed by atoms with Gasteiger partial charge in [0.1, 0.15) is 11.3 Å². The fourth-order valence-electron chi connectivity index (χ4n) is 1.48. The van der Waals surface area contributed by atoms with Crippen molar-refractivity contribution in [3.8, 4) is 0 Å². The average Bonchev–Trinajstić information content (AvgIpc) is 2.59. The zero-order valence-electron chi connectivity index (χ0n) is 8.65. The Kier molecular flexibility index (Phi) is 2.23. The van der Waals surface area contributed by atoms with Crippen LogP contribution in [-0.4, -0.2) is 11.1 Å². The standard InChI is InChI=1S/C12H12O3/c1-7(2)11-6-9-5-8(12(13)14)3-4-10(9)15-11/h3-7H,1-2H3,(H,13,14). The second-order valence-corrected chi connectivity index (χ2v) is 3.86. The lowest BCUT2D eigenvalue weighted by Gasteiger charge is -1.95. The SMILES string of the molecule is CC(C)c1cc2cc(C(=O)O)ccc2o1. The minimum atomic E-state index is -0.913. The van der Waals surface area contributed by atoms with E-state index >= 15 is 0 Å².